The number of halogens is 4. The number of rotatable bonds is 4. The Morgan fingerprint density at radius 3 is 2.23 bits per heavy atom. The number of benzene rings is 2. The fourth-order valence-electron chi connectivity index (χ4n) is 3.29. The van der Waals surface area contributed by atoms with Gasteiger partial charge < -0.3 is 15.1 Å². The van der Waals surface area contributed by atoms with E-state index in [2.05, 4.69) is 0 Å². The highest BCUT2D eigenvalue weighted by molar-refractivity contribution is 5.25. The van der Waals surface area contributed by atoms with Crippen molar-refractivity contribution in [1.82, 2.24) is 4.90 Å². The Kier molecular flexibility index (Phi) is 5.32. The summed E-state index contributed by atoms with van der Waals surface area (Å²) in [5.41, 5.74) is -0.967. The second kappa shape index (κ2) is 7.34. The third-order valence-corrected chi connectivity index (χ3v) is 4.89. The highest BCUT2D eigenvalue weighted by atomic mass is 19.2. The Morgan fingerprint density at radius 2 is 1.62 bits per heavy atom. The van der Waals surface area contributed by atoms with Gasteiger partial charge in [0.25, 0.3) is 0 Å². The minimum Gasteiger partial charge on any atom is -0.387 e. The Bertz CT molecular complexity index is 791. The Balaban J connectivity index is 1.63. The van der Waals surface area contributed by atoms with Gasteiger partial charge >= 0.3 is 0 Å². The normalized spacial score (nSPS) is 18.7. The summed E-state index contributed by atoms with van der Waals surface area (Å²) in [6.07, 6.45) is -0.613. The first-order chi connectivity index (χ1) is 12.3. The van der Waals surface area contributed by atoms with Crippen LogP contribution in [0.15, 0.2) is 36.4 Å². The summed E-state index contributed by atoms with van der Waals surface area (Å²) >= 11 is 0. The van der Waals surface area contributed by atoms with Crippen LogP contribution in [0.25, 0.3) is 0 Å². The topological polar surface area (TPSA) is 43.7 Å². The maximum atomic E-state index is 13.7. The smallest absolute Gasteiger partial charge is 0.159 e. The number of hydrogen-bond donors (Lipinski definition) is 2. The van der Waals surface area contributed by atoms with E-state index in [4.69, 9.17) is 0 Å². The second-order valence-electron chi connectivity index (χ2n) is 6.64. The first-order valence-electron chi connectivity index (χ1n) is 8.32. The molecule has 1 atom stereocenters. The minimum atomic E-state index is -1.28. The molecule has 0 radical (unpaired) electrons. The van der Waals surface area contributed by atoms with E-state index in [-0.39, 0.29) is 24.9 Å². The van der Waals surface area contributed by atoms with E-state index in [1.54, 1.807) is 0 Å². The van der Waals surface area contributed by atoms with E-state index < -0.39 is 35.0 Å². The average Bonchev–Trinajstić information content (AvgIpc) is 2.59. The molecule has 1 aliphatic rings. The largest absolute Gasteiger partial charge is 0.387 e. The maximum absolute atomic E-state index is 13.7. The molecule has 26 heavy (non-hydrogen) atoms. The lowest BCUT2D eigenvalue weighted by atomic mass is 9.84. The van der Waals surface area contributed by atoms with Crippen LogP contribution in [0.5, 0.6) is 0 Å². The van der Waals surface area contributed by atoms with Gasteiger partial charge in [-0.25, -0.2) is 17.6 Å². The van der Waals surface area contributed by atoms with E-state index in [1.807, 2.05) is 4.90 Å². The van der Waals surface area contributed by atoms with Crippen molar-refractivity contribution in [2.75, 3.05) is 19.6 Å². The average molecular weight is 369 g/mol. The molecule has 2 aromatic carbocycles. The molecule has 1 saturated heterocycles. The molecular weight excluding hydrogens is 350 g/mol. The minimum absolute atomic E-state index is 0.00726. The van der Waals surface area contributed by atoms with Gasteiger partial charge in [-0.15, -0.1) is 0 Å². The molecule has 1 aliphatic heterocycles. The zero-order valence-electron chi connectivity index (χ0n) is 13.9. The monoisotopic (exact) mass is 369 g/mol. The molecular formula is C19H19F4NO2. The van der Waals surface area contributed by atoms with Gasteiger partial charge in [0.2, 0.25) is 0 Å². The van der Waals surface area contributed by atoms with Crippen LogP contribution in [-0.2, 0) is 5.60 Å². The predicted octanol–water partition coefficient (Wildman–Crippen LogP) is 3.26. The second-order valence-corrected chi connectivity index (χ2v) is 6.64. The van der Waals surface area contributed by atoms with E-state index in [9.17, 15) is 27.8 Å². The van der Waals surface area contributed by atoms with Crippen molar-refractivity contribution in [3.05, 3.63) is 70.8 Å². The van der Waals surface area contributed by atoms with Crippen LogP contribution in [0.2, 0.25) is 0 Å². The zero-order valence-corrected chi connectivity index (χ0v) is 13.9. The van der Waals surface area contributed by atoms with Gasteiger partial charge in [-0.2, -0.15) is 0 Å². The van der Waals surface area contributed by atoms with Gasteiger partial charge in [0.15, 0.2) is 11.6 Å². The molecule has 0 spiro atoms. The van der Waals surface area contributed by atoms with Crippen LogP contribution in [0.3, 0.4) is 0 Å². The molecule has 140 valence electrons. The van der Waals surface area contributed by atoms with Crippen LogP contribution < -0.4 is 0 Å². The molecule has 3 nitrogen and oxygen atoms in total. The van der Waals surface area contributed by atoms with E-state index in [0.717, 1.165) is 24.3 Å². The summed E-state index contributed by atoms with van der Waals surface area (Å²) in [7, 11) is 0. The first-order valence-corrected chi connectivity index (χ1v) is 8.32. The number of likely N-dealkylation sites (tertiary alicyclic amines) is 1. The summed E-state index contributed by atoms with van der Waals surface area (Å²) in [5.74, 6) is -3.51. The Hall–Kier alpha value is -1.96. The first kappa shape index (κ1) is 18.8. The van der Waals surface area contributed by atoms with Crippen LogP contribution in [0.1, 0.15) is 30.1 Å². The molecule has 2 N–H and O–H groups in total. The number of β-amino-alcohol motifs (C(OH)–C–C–N with tert-alkyl or cyclic N) is 1. The summed E-state index contributed by atoms with van der Waals surface area (Å²) in [6, 6.07) is 6.34. The van der Waals surface area contributed by atoms with Gasteiger partial charge in [-0.05, 0) is 36.6 Å². The number of piperidine rings is 1. The van der Waals surface area contributed by atoms with Gasteiger partial charge in [0.05, 0.1) is 11.7 Å². The van der Waals surface area contributed by atoms with Crippen molar-refractivity contribution in [3.63, 3.8) is 0 Å². The highest BCUT2D eigenvalue weighted by Gasteiger charge is 2.35. The Morgan fingerprint density at radius 1 is 0.923 bits per heavy atom. The third-order valence-electron chi connectivity index (χ3n) is 4.89. The number of aliphatic hydroxyl groups excluding tert-OH is 1. The standard InChI is InChI=1S/C19H19F4NO2/c20-13-2-3-14(16(22)10-13)18(25)11-24-7-5-19(26,6-8-24)12-1-4-15(21)17(23)9-12/h1-4,9-10,18,25-26H,5-8,11H2/t18-/m0/s1. The van der Waals surface area contributed by atoms with Crippen molar-refractivity contribution < 1.29 is 27.8 Å². The van der Waals surface area contributed by atoms with Crippen LogP contribution >= 0.6 is 0 Å². The zero-order chi connectivity index (χ0) is 18.9. The highest BCUT2D eigenvalue weighted by Crippen LogP contribution is 2.34. The van der Waals surface area contributed by atoms with Crippen LogP contribution in [0, 0.1) is 23.3 Å². The summed E-state index contributed by atoms with van der Waals surface area (Å²) in [5, 5.41) is 20.9. The van der Waals surface area contributed by atoms with Crippen molar-refractivity contribution in [3.8, 4) is 0 Å². The molecule has 1 heterocycles. The molecule has 7 heteroatoms. The molecule has 0 saturated carbocycles. The van der Waals surface area contributed by atoms with Gasteiger partial charge in [0.1, 0.15) is 11.6 Å². The molecule has 0 bridgehead atoms. The number of hydrogen-bond acceptors (Lipinski definition) is 3. The van der Waals surface area contributed by atoms with E-state index in [1.165, 1.54) is 12.1 Å². The molecule has 0 aromatic heterocycles. The lowest BCUT2D eigenvalue weighted by Gasteiger charge is -2.39. The van der Waals surface area contributed by atoms with E-state index >= 15 is 0 Å². The number of nitrogens with zero attached hydrogens (tertiary/aromatic N) is 1. The van der Waals surface area contributed by atoms with Crippen LogP contribution in [-0.4, -0.2) is 34.7 Å². The third kappa shape index (κ3) is 3.90. The van der Waals surface area contributed by atoms with Gasteiger partial charge in [0, 0.05) is 31.3 Å². The molecule has 0 amide bonds. The van der Waals surface area contributed by atoms with Crippen molar-refractivity contribution in [1.29, 1.82) is 0 Å². The lowest BCUT2D eigenvalue weighted by Crippen LogP contribution is -2.44. The van der Waals surface area contributed by atoms with Crippen molar-refractivity contribution in [2.24, 2.45) is 0 Å². The van der Waals surface area contributed by atoms with Crippen molar-refractivity contribution in [2.45, 2.75) is 24.5 Å². The molecule has 3 rings (SSSR count). The summed E-state index contributed by atoms with van der Waals surface area (Å²) in [4.78, 5) is 1.84. The fraction of sp³-hybridized carbons (Fsp3) is 0.368. The quantitative estimate of drug-likeness (QED) is 0.813. The summed E-state index contributed by atoms with van der Waals surface area (Å²) < 4.78 is 53.2. The molecule has 2 aromatic rings. The molecule has 1 fully saturated rings. The van der Waals surface area contributed by atoms with Crippen molar-refractivity contribution >= 4 is 0 Å². The summed E-state index contributed by atoms with van der Waals surface area (Å²) in [6.45, 7) is 0.890. The lowest BCUT2D eigenvalue weighted by molar-refractivity contribution is -0.0349. The Labute approximate surface area is 148 Å². The predicted molar refractivity (Wildman–Crippen MR) is 87.2 cm³/mol. The van der Waals surface area contributed by atoms with Crippen LogP contribution in [0.4, 0.5) is 17.6 Å². The van der Waals surface area contributed by atoms with E-state index in [0.29, 0.717) is 18.7 Å². The number of aliphatic hydroxyl groups is 2. The molecule has 0 unspecified atom stereocenters. The molecule has 0 aliphatic carbocycles. The maximum Gasteiger partial charge on any atom is 0.159 e. The SMILES string of the molecule is O[C@@H](CN1CCC(O)(c2ccc(F)c(F)c2)CC1)c1ccc(F)cc1F. The fourth-order valence-corrected chi connectivity index (χ4v) is 3.29. The van der Waals surface area contributed by atoms with Gasteiger partial charge in [-0.3, -0.25) is 0 Å². The van der Waals surface area contributed by atoms with Gasteiger partial charge in [-0.1, -0.05) is 12.1 Å².